The van der Waals surface area contributed by atoms with E-state index in [1.165, 1.54) is 24.3 Å². The van der Waals surface area contributed by atoms with E-state index < -0.39 is 52.9 Å². The molecule has 1 heterocycles. The summed E-state index contributed by atoms with van der Waals surface area (Å²) >= 11 is 16.6. The topological polar surface area (TPSA) is 97.4 Å². The van der Waals surface area contributed by atoms with E-state index in [9.17, 15) is 21.6 Å². The summed E-state index contributed by atoms with van der Waals surface area (Å²) in [5.74, 6) is -3.31. The van der Waals surface area contributed by atoms with Crippen LogP contribution >= 0.6 is 34.8 Å². The Kier molecular flexibility index (Phi) is 5.35. The fourth-order valence-corrected chi connectivity index (χ4v) is 6.05. The van der Waals surface area contributed by atoms with Crippen molar-refractivity contribution in [2.75, 3.05) is 11.5 Å². The second kappa shape index (κ2) is 6.50. The highest BCUT2D eigenvalue weighted by Gasteiger charge is 2.49. The normalized spacial score (nSPS) is 24.5. The first-order valence-corrected chi connectivity index (χ1v) is 10.7. The number of sulfone groups is 1. The molecule has 1 aliphatic heterocycles. The number of hydrogen-bond donors (Lipinski definition) is 1. The molecule has 0 amide bonds. The van der Waals surface area contributed by atoms with Crippen LogP contribution in [0.1, 0.15) is 0 Å². The third-order valence-electron chi connectivity index (χ3n) is 3.33. The first-order chi connectivity index (χ1) is 10.4. The fourth-order valence-electron chi connectivity index (χ4n) is 2.30. The predicted octanol–water partition coefficient (Wildman–Crippen LogP) is 1.32. The lowest BCUT2D eigenvalue weighted by Gasteiger charge is -2.21. The van der Waals surface area contributed by atoms with Crippen molar-refractivity contribution < 1.29 is 21.6 Å². The summed E-state index contributed by atoms with van der Waals surface area (Å²) in [4.78, 5) is 12.0. The predicted molar refractivity (Wildman–Crippen MR) is 88.0 cm³/mol. The number of sulfonamides is 1. The van der Waals surface area contributed by atoms with Gasteiger partial charge in [-0.1, -0.05) is 53.0 Å². The smallest absolute Gasteiger partial charge is 0.249 e. The quantitative estimate of drug-likeness (QED) is 0.741. The first-order valence-electron chi connectivity index (χ1n) is 6.31. The maximum atomic E-state index is 12.3. The van der Waals surface area contributed by atoms with E-state index in [-0.39, 0.29) is 4.90 Å². The largest absolute Gasteiger partial charge is 0.294 e. The van der Waals surface area contributed by atoms with Gasteiger partial charge in [0.05, 0.1) is 22.3 Å². The Morgan fingerprint density at radius 1 is 1.13 bits per heavy atom. The molecule has 6 nitrogen and oxygen atoms in total. The number of nitrogens with one attached hydrogen (secondary N) is 1. The van der Waals surface area contributed by atoms with Crippen LogP contribution in [0.25, 0.3) is 0 Å². The summed E-state index contributed by atoms with van der Waals surface area (Å²) in [6, 6.07) is 6.17. The fraction of sp³-hybridized carbons (Fsp3) is 0.417. The van der Waals surface area contributed by atoms with E-state index in [4.69, 9.17) is 34.8 Å². The van der Waals surface area contributed by atoms with Gasteiger partial charge in [0, 0.05) is 6.04 Å². The summed E-state index contributed by atoms with van der Waals surface area (Å²) in [5, 5.41) is 0. The lowest BCUT2D eigenvalue weighted by molar-refractivity contribution is -0.121. The standard InChI is InChI=1S/C12H12Cl3NO5S2/c13-12(14,15)11(17)9-6-22(18,19)7-10(9)16-23(20,21)8-4-2-1-3-5-8/h1-5,9-10,16H,6-7H2/t9-,10-/m0/s1. The van der Waals surface area contributed by atoms with Gasteiger partial charge in [0.2, 0.25) is 13.8 Å². The van der Waals surface area contributed by atoms with Crippen LogP contribution in [0.5, 0.6) is 0 Å². The highest BCUT2D eigenvalue weighted by Crippen LogP contribution is 2.34. The molecule has 1 aromatic carbocycles. The third-order valence-corrected chi connectivity index (χ3v) is 7.13. The summed E-state index contributed by atoms with van der Waals surface area (Å²) < 4.78 is 48.1. The molecule has 1 aromatic rings. The zero-order valence-corrected chi connectivity index (χ0v) is 15.3. The molecule has 1 N–H and O–H groups in total. The first kappa shape index (κ1) is 19.0. The summed E-state index contributed by atoms with van der Waals surface area (Å²) in [7, 11) is -7.63. The van der Waals surface area contributed by atoms with Crippen LogP contribution in [0.4, 0.5) is 0 Å². The Balaban J connectivity index is 2.31. The number of halogens is 3. The van der Waals surface area contributed by atoms with Gasteiger partial charge in [-0.25, -0.2) is 21.6 Å². The maximum absolute atomic E-state index is 12.3. The molecule has 0 unspecified atom stereocenters. The Labute approximate surface area is 149 Å². The van der Waals surface area contributed by atoms with Gasteiger partial charge in [-0.05, 0) is 12.1 Å². The van der Waals surface area contributed by atoms with Crippen molar-refractivity contribution in [3.63, 3.8) is 0 Å². The van der Waals surface area contributed by atoms with Gasteiger partial charge in [-0.2, -0.15) is 0 Å². The number of benzene rings is 1. The molecule has 1 fully saturated rings. The van der Waals surface area contributed by atoms with Gasteiger partial charge in [-0.15, -0.1) is 0 Å². The van der Waals surface area contributed by atoms with Crippen molar-refractivity contribution >= 4 is 60.4 Å². The molecule has 1 aliphatic rings. The van der Waals surface area contributed by atoms with Gasteiger partial charge in [-0.3, -0.25) is 4.79 Å². The van der Waals surface area contributed by atoms with E-state index in [0.29, 0.717) is 0 Å². The number of Topliss-reactive ketones (excluding diaryl/α,β-unsaturated/α-hetero) is 1. The molecule has 11 heteroatoms. The van der Waals surface area contributed by atoms with Gasteiger partial charge in [0.25, 0.3) is 0 Å². The van der Waals surface area contributed by atoms with Crippen molar-refractivity contribution in [2.45, 2.75) is 14.7 Å². The molecule has 128 valence electrons. The number of rotatable bonds is 4. The van der Waals surface area contributed by atoms with E-state index >= 15 is 0 Å². The van der Waals surface area contributed by atoms with Crippen molar-refractivity contribution in [3.05, 3.63) is 30.3 Å². The second-order valence-corrected chi connectivity index (χ2v) is 11.2. The zero-order valence-electron chi connectivity index (χ0n) is 11.4. The number of carbonyl (C=O) groups is 1. The monoisotopic (exact) mass is 419 g/mol. The van der Waals surface area contributed by atoms with Crippen molar-refractivity contribution in [1.82, 2.24) is 4.72 Å². The highest BCUT2D eigenvalue weighted by atomic mass is 35.6. The number of carbonyl (C=O) groups excluding carboxylic acids is 1. The SMILES string of the molecule is O=C([C@H]1CS(=O)(=O)C[C@@H]1NS(=O)(=O)c1ccccc1)C(Cl)(Cl)Cl. The second-order valence-electron chi connectivity index (χ2n) is 5.09. The van der Waals surface area contributed by atoms with Crippen LogP contribution < -0.4 is 4.72 Å². The minimum atomic E-state index is -4.00. The van der Waals surface area contributed by atoms with Crippen molar-refractivity contribution in [2.24, 2.45) is 5.92 Å². The average Bonchev–Trinajstić information content (AvgIpc) is 2.72. The molecule has 0 bridgehead atoms. The molecule has 0 radical (unpaired) electrons. The van der Waals surface area contributed by atoms with Crippen LogP contribution in [0.3, 0.4) is 0 Å². The van der Waals surface area contributed by atoms with Crippen LogP contribution in [0.2, 0.25) is 0 Å². The summed E-state index contributed by atoms with van der Waals surface area (Å²) in [6.07, 6.45) is 0. The number of hydrogen-bond acceptors (Lipinski definition) is 5. The molecular formula is C12H12Cl3NO5S2. The summed E-state index contributed by atoms with van der Waals surface area (Å²) in [5.41, 5.74) is 0. The zero-order chi connectivity index (χ0) is 17.5. The number of alkyl halides is 3. The highest BCUT2D eigenvalue weighted by molar-refractivity contribution is 7.92. The van der Waals surface area contributed by atoms with Crippen molar-refractivity contribution in [3.8, 4) is 0 Å². The van der Waals surface area contributed by atoms with E-state index in [0.717, 1.165) is 0 Å². The Morgan fingerprint density at radius 2 is 1.70 bits per heavy atom. The molecule has 0 aromatic heterocycles. The van der Waals surface area contributed by atoms with Gasteiger partial charge in [0.15, 0.2) is 15.6 Å². The lowest BCUT2D eigenvalue weighted by atomic mass is 10.0. The minimum Gasteiger partial charge on any atom is -0.294 e. The Bertz CT molecular complexity index is 803. The molecule has 0 aliphatic carbocycles. The summed E-state index contributed by atoms with van der Waals surface area (Å²) in [6.45, 7) is 0. The Morgan fingerprint density at radius 3 is 2.22 bits per heavy atom. The Hall–Kier alpha value is -0.380. The van der Waals surface area contributed by atoms with Crippen LogP contribution in [-0.2, 0) is 24.7 Å². The molecule has 1 saturated heterocycles. The molecule has 2 rings (SSSR count). The molecular weight excluding hydrogens is 409 g/mol. The third kappa shape index (κ3) is 4.58. The number of ketones is 1. The van der Waals surface area contributed by atoms with Gasteiger partial charge >= 0.3 is 0 Å². The molecule has 2 atom stereocenters. The maximum Gasteiger partial charge on any atom is 0.249 e. The average molecular weight is 421 g/mol. The van der Waals surface area contributed by atoms with Crippen LogP contribution in [-0.4, -0.2) is 44.0 Å². The lowest BCUT2D eigenvalue weighted by Crippen LogP contribution is -2.45. The van der Waals surface area contributed by atoms with Crippen molar-refractivity contribution in [1.29, 1.82) is 0 Å². The van der Waals surface area contributed by atoms with E-state index in [2.05, 4.69) is 4.72 Å². The molecule has 23 heavy (non-hydrogen) atoms. The van der Waals surface area contributed by atoms with Gasteiger partial charge in [0.1, 0.15) is 0 Å². The molecule has 0 spiro atoms. The minimum absolute atomic E-state index is 0.0515. The van der Waals surface area contributed by atoms with E-state index in [1.807, 2.05) is 0 Å². The van der Waals surface area contributed by atoms with Crippen LogP contribution in [0, 0.1) is 5.92 Å². The van der Waals surface area contributed by atoms with Crippen LogP contribution in [0.15, 0.2) is 35.2 Å². The van der Waals surface area contributed by atoms with E-state index in [1.54, 1.807) is 6.07 Å². The molecule has 0 saturated carbocycles. The van der Waals surface area contributed by atoms with Gasteiger partial charge < -0.3 is 0 Å².